The van der Waals surface area contributed by atoms with Crippen LogP contribution in [0.25, 0.3) is 0 Å². The first-order valence-electron chi connectivity index (χ1n) is 10.7. The lowest BCUT2D eigenvalue weighted by Crippen LogP contribution is -2.49. The molecule has 0 bridgehead atoms. The van der Waals surface area contributed by atoms with Crippen molar-refractivity contribution in [3.63, 3.8) is 0 Å². The summed E-state index contributed by atoms with van der Waals surface area (Å²) in [5, 5.41) is 2.87. The summed E-state index contributed by atoms with van der Waals surface area (Å²) in [6.07, 6.45) is 0.822. The van der Waals surface area contributed by atoms with Crippen LogP contribution in [0.2, 0.25) is 0 Å². The molecular weight excluding hydrogens is 405 g/mol. The first kappa shape index (κ1) is 21.6. The van der Waals surface area contributed by atoms with Crippen molar-refractivity contribution in [2.24, 2.45) is 0 Å². The van der Waals surface area contributed by atoms with Gasteiger partial charge in [0.2, 0.25) is 0 Å². The maximum Gasteiger partial charge on any atom is 0.324 e. The molecule has 3 aromatic rings. The molecule has 0 radical (unpaired) electrons. The molecule has 1 aliphatic rings. The van der Waals surface area contributed by atoms with Gasteiger partial charge in [0, 0.05) is 25.2 Å². The molecule has 5 nitrogen and oxygen atoms in total. The van der Waals surface area contributed by atoms with Gasteiger partial charge >= 0.3 is 6.03 Å². The Hall–Kier alpha value is -3.67. The summed E-state index contributed by atoms with van der Waals surface area (Å²) in [7, 11) is 0. The lowest BCUT2D eigenvalue weighted by Gasteiger charge is -2.36. The average Bonchev–Trinajstić information content (AvgIpc) is 2.77. The summed E-state index contributed by atoms with van der Waals surface area (Å²) >= 11 is 0. The predicted octanol–water partition coefficient (Wildman–Crippen LogP) is 5.53. The highest BCUT2D eigenvalue weighted by molar-refractivity contribution is 6.07. The maximum absolute atomic E-state index is 13.6. The summed E-state index contributed by atoms with van der Waals surface area (Å²) in [5.74, 6) is -0.891. The van der Waals surface area contributed by atoms with Gasteiger partial charge in [-0.1, -0.05) is 36.4 Å². The van der Waals surface area contributed by atoms with E-state index >= 15 is 0 Å². The second kappa shape index (κ2) is 9.22. The van der Waals surface area contributed by atoms with E-state index in [4.69, 9.17) is 0 Å². The van der Waals surface area contributed by atoms with Gasteiger partial charge in [-0.2, -0.15) is 0 Å². The molecule has 32 heavy (non-hydrogen) atoms. The van der Waals surface area contributed by atoms with Gasteiger partial charge in [0.25, 0.3) is 5.91 Å². The average molecular weight is 432 g/mol. The number of halogens is 1. The van der Waals surface area contributed by atoms with Crippen LogP contribution in [0.15, 0.2) is 66.7 Å². The Morgan fingerprint density at radius 3 is 2.59 bits per heavy atom. The van der Waals surface area contributed by atoms with Crippen molar-refractivity contribution in [2.45, 2.75) is 26.8 Å². The van der Waals surface area contributed by atoms with Crippen molar-refractivity contribution in [1.29, 1.82) is 0 Å². The Morgan fingerprint density at radius 2 is 1.81 bits per heavy atom. The molecule has 0 spiro atoms. The van der Waals surface area contributed by atoms with Crippen molar-refractivity contribution in [3.8, 4) is 0 Å². The van der Waals surface area contributed by atoms with Crippen LogP contribution in [0.5, 0.6) is 0 Å². The van der Waals surface area contributed by atoms with Crippen molar-refractivity contribution in [1.82, 2.24) is 4.90 Å². The van der Waals surface area contributed by atoms with Gasteiger partial charge in [0.1, 0.15) is 5.82 Å². The van der Waals surface area contributed by atoms with Crippen molar-refractivity contribution >= 4 is 23.3 Å². The second-order valence-corrected chi connectivity index (χ2v) is 8.12. The van der Waals surface area contributed by atoms with Crippen LogP contribution in [0, 0.1) is 19.7 Å². The summed E-state index contributed by atoms with van der Waals surface area (Å²) in [6, 6.07) is 19.1. The molecule has 0 saturated carbocycles. The second-order valence-electron chi connectivity index (χ2n) is 8.12. The van der Waals surface area contributed by atoms with Crippen LogP contribution in [0.3, 0.4) is 0 Å². The molecule has 0 aliphatic carbocycles. The zero-order chi connectivity index (χ0) is 22.7. The van der Waals surface area contributed by atoms with Crippen LogP contribution in [-0.2, 0) is 6.54 Å². The van der Waals surface area contributed by atoms with Crippen LogP contribution < -0.4 is 10.2 Å². The highest BCUT2D eigenvalue weighted by atomic mass is 19.1. The van der Waals surface area contributed by atoms with Gasteiger partial charge in [0.15, 0.2) is 0 Å². The highest BCUT2D eigenvalue weighted by Crippen LogP contribution is 2.31. The third-order valence-corrected chi connectivity index (χ3v) is 5.71. The van der Waals surface area contributed by atoms with E-state index in [0.717, 1.165) is 23.1 Å². The molecule has 0 unspecified atom stereocenters. The van der Waals surface area contributed by atoms with Gasteiger partial charge in [-0.3, -0.25) is 9.69 Å². The monoisotopic (exact) mass is 431 g/mol. The van der Waals surface area contributed by atoms with E-state index in [1.54, 1.807) is 11.0 Å². The van der Waals surface area contributed by atoms with E-state index in [9.17, 15) is 14.0 Å². The van der Waals surface area contributed by atoms with Gasteiger partial charge in [-0.15, -0.1) is 0 Å². The van der Waals surface area contributed by atoms with Gasteiger partial charge in [0.05, 0.1) is 11.4 Å². The Balaban J connectivity index is 1.59. The largest absolute Gasteiger partial charge is 0.324 e. The van der Waals surface area contributed by atoms with Crippen molar-refractivity contribution < 1.29 is 14.0 Å². The molecule has 4 rings (SSSR count). The molecule has 1 saturated heterocycles. The number of nitrogens with one attached hydrogen (secondary N) is 1. The molecule has 3 aromatic carbocycles. The van der Waals surface area contributed by atoms with E-state index in [0.29, 0.717) is 31.0 Å². The first-order chi connectivity index (χ1) is 15.4. The molecule has 3 amide bonds. The summed E-state index contributed by atoms with van der Waals surface area (Å²) in [4.78, 5) is 29.7. The SMILES string of the molecule is Cc1ccc(N2CCCN(Cc3ccccc3C)C2=O)c(NC(=O)c2cccc(F)c2)c1. The minimum atomic E-state index is -0.472. The minimum absolute atomic E-state index is 0.0930. The Kier molecular flexibility index (Phi) is 6.21. The van der Waals surface area contributed by atoms with Gasteiger partial charge in [-0.25, -0.2) is 9.18 Å². The Bertz CT molecular complexity index is 1160. The number of benzene rings is 3. The minimum Gasteiger partial charge on any atom is -0.320 e. The first-order valence-corrected chi connectivity index (χ1v) is 10.7. The maximum atomic E-state index is 13.6. The number of hydrogen-bond donors (Lipinski definition) is 1. The third kappa shape index (κ3) is 4.64. The summed E-state index contributed by atoms with van der Waals surface area (Å²) in [6.45, 7) is 5.75. The number of urea groups is 1. The van der Waals surface area contributed by atoms with E-state index in [1.165, 1.54) is 18.2 Å². The Labute approximate surface area is 187 Å². The standard InChI is InChI=1S/C26H26FN3O2/c1-18-11-12-24(23(15-18)28-25(31)20-9-5-10-22(27)16-20)30-14-6-13-29(26(30)32)17-21-8-4-3-7-19(21)2/h3-5,7-12,15-16H,6,13-14,17H2,1-2H3,(H,28,31). The van der Waals surface area contributed by atoms with E-state index in [-0.39, 0.29) is 11.6 Å². The van der Waals surface area contributed by atoms with E-state index < -0.39 is 11.7 Å². The van der Waals surface area contributed by atoms with Gasteiger partial charge in [-0.05, 0) is 67.3 Å². The molecule has 0 atom stereocenters. The topological polar surface area (TPSA) is 52.6 Å². The molecular formula is C26H26FN3O2. The fourth-order valence-corrected chi connectivity index (χ4v) is 3.95. The number of carbonyl (C=O) groups excluding carboxylic acids is 2. The van der Waals surface area contributed by atoms with Crippen LogP contribution >= 0.6 is 0 Å². The summed E-state index contributed by atoms with van der Waals surface area (Å²) < 4.78 is 13.6. The van der Waals surface area contributed by atoms with E-state index in [1.807, 2.05) is 61.2 Å². The molecule has 1 N–H and O–H groups in total. The van der Waals surface area contributed by atoms with Crippen LogP contribution in [0.1, 0.15) is 33.5 Å². The number of carbonyl (C=O) groups is 2. The number of amides is 3. The zero-order valence-corrected chi connectivity index (χ0v) is 18.3. The third-order valence-electron chi connectivity index (χ3n) is 5.71. The molecule has 6 heteroatoms. The van der Waals surface area contributed by atoms with Gasteiger partial charge < -0.3 is 10.2 Å². The zero-order valence-electron chi connectivity index (χ0n) is 18.3. The molecule has 1 heterocycles. The fraction of sp³-hybridized carbons (Fsp3) is 0.231. The van der Waals surface area contributed by atoms with E-state index in [2.05, 4.69) is 5.32 Å². The van der Waals surface area contributed by atoms with Crippen LogP contribution in [-0.4, -0.2) is 29.9 Å². The molecule has 1 fully saturated rings. The van der Waals surface area contributed by atoms with Crippen molar-refractivity contribution in [3.05, 3.63) is 94.8 Å². The molecule has 0 aromatic heterocycles. The quantitative estimate of drug-likeness (QED) is 0.578. The molecule has 164 valence electrons. The number of nitrogens with zero attached hydrogens (tertiary/aromatic N) is 2. The smallest absolute Gasteiger partial charge is 0.320 e. The normalized spacial score (nSPS) is 13.9. The van der Waals surface area contributed by atoms with Crippen LogP contribution in [0.4, 0.5) is 20.6 Å². The lowest BCUT2D eigenvalue weighted by atomic mass is 10.1. The molecule has 1 aliphatic heterocycles. The number of hydrogen-bond acceptors (Lipinski definition) is 2. The highest BCUT2D eigenvalue weighted by Gasteiger charge is 2.29. The number of rotatable bonds is 5. The number of anilines is 2. The fourth-order valence-electron chi connectivity index (χ4n) is 3.95. The summed E-state index contributed by atoms with van der Waals surface area (Å²) in [5.41, 5.74) is 4.61. The predicted molar refractivity (Wildman–Crippen MR) is 124 cm³/mol. The lowest BCUT2D eigenvalue weighted by molar-refractivity contribution is 0.102. The van der Waals surface area contributed by atoms with Crippen molar-refractivity contribution in [2.75, 3.05) is 23.3 Å². The number of aryl methyl sites for hydroxylation is 2. The Morgan fingerprint density at radius 1 is 1.00 bits per heavy atom.